The van der Waals surface area contributed by atoms with Crippen molar-refractivity contribution in [2.75, 3.05) is 33.6 Å². The number of ether oxygens (including phenoxy) is 3. The number of benzene rings is 1. The molecular weight excluding hydrogens is 313 g/mol. The Bertz CT molecular complexity index is 589. The van der Waals surface area contributed by atoms with Crippen LogP contribution in [0.4, 0.5) is 4.39 Å². The Morgan fingerprint density at radius 1 is 1.25 bits per heavy atom. The molecule has 0 aromatic heterocycles. The van der Waals surface area contributed by atoms with Gasteiger partial charge in [0.1, 0.15) is 11.6 Å². The molecule has 0 saturated carbocycles. The van der Waals surface area contributed by atoms with Crippen LogP contribution in [0.15, 0.2) is 17.1 Å². The first kappa shape index (κ1) is 17.0. The summed E-state index contributed by atoms with van der Waals surface area (Å²) >= 11 is 0. The van der Waals surface area contributed by atoms with E-state index in [1.807, 2.05) is 0 Å². The van der Waals surface area contributed by atoms with Gasteiger partial charge in [-0.2, -0.15) is 0 Å². The maximum Gasteiger partial charge on any atom is 0.191 e. The standard InChI is InChI=1S/C17H24FN3O3/c1-19-17(20-8-12-2-4-22-5-3-12)21-9-13-6-15(18)7-14-10-23-11-24-16(13)14/h6-7,12H,2-5,8-11H2,1H3,(H2,19,20,21). The third-order valence-corrected chi connectivity index (χ3v) is 4.32. The summed E-state index contributed by atoms with van der Waals surface area (Å²) < 4.78 is 29.9. The van der Waals surface area contributed by atoms with Crippen LogP contribution in [0.2, 0.25) is 0 Å². The van der Waals surface area contributed by atoms with Crippen LogP contribution in [-0.2, 0) is 22.6 Å². The van der Waals surface area contributed by atoms with Gasteiger partial charge in [0.05, 0.1) is 6.61 Å². The first-order valence-electron chi connectivity index (χ1n) is 8.30. The summed E-state index contributed by atoms with van der Waals surface area (Å²) in [6, 6.07) is 2.94. The summed E-state index contributed by atoms with van der Waals surface area (Å²) in [6.07, 6.45) is 2.13. The lowest BCUT2D eigenvalue weighted by molar-refractivity contribution is -0.0173. The lowest BCUT2D eigenvalue weighted by Crippen LogP contribution is -2.40. The van der Waals surface area contributed by atoms with Crippen LogP contribution >= 0.6 is 0 Å². The van der Waals surface area contributed by atoms with Crippen LogP contribution in [0.1, 0.15) is 24.0 Å². The number of aliphatic imine (C=N–C) groups is 1. The minimum absolute atomic E-state index is 0.197. The molecule has 24 heavy (non-hydrogen) atoms. The molecule has 132 valence electrons. The molecule has 1 fully saturated rings. The molecule has 0 bridgehead atoms. The largest absolute Gasteiger partial charge is 0.467 e. The Kier molecular flexibility index (Phi) is 5.87. The number of guanidine groups is 1. The van der Waals surface area contributed by atoms with Gasteiger partial charge in [-0.1, -0.05) is 0 Å². The summed E-state index contributed by atoms with van der Waals surface area (Å²) in [5.74, 6) is 1.71. The first-order valence-corrected chi connectivity index (χ1v) is 8.30. The summed E-state index contributed by atoms with van der Waals surface area (Å²) in [4.78, 5) is 4.23. The lowest BCUT2D eigenvalue weighted by atomic mass is 10.0. The zero-order valence-electron chi connectivity index (χ0n) is 13.9. The van der Waals surface area contributed by atoms with Crippen molar-refractivity contribution in [3.63, 3.8) is 0 Å². The van der Waals surface area contributed by atoms with E-state index in [-0.39, 0.29) is 12.6 Å². The number of hydrogen-bond donors (Lipinski definition) is 2. The first-order chi connectivity index (χ1) is 11.8. The van der Waals surface area contributed by atoms with Crippen molar-refractivity contribution in [3.05, 3.63) is 29.1 Å². The van der Waals surface area contributed by atoms with Crippen molar-refractivity contribution >= 4 is 5.96 Å². The van der Waals surface area contributed by atoms with Crippen LogP contribution in [0.25, 0.3) is 0 Å². The maximum atomic E-state index is 13.8. The Morgan fingerprint density at radius 2 is 2.08 bits per heavy atom. The second-order valence-corrected chi connectivity index (χ2v) is 6.03. The number of nitrogens with one attached hydrogen (secondary N) is 2. The van der Waals surface area contributed by atoms with E-state index in [1.165, 1.54) is 12.1 Å². The molecule has 2 N–H and O–H groups in total. The molecule has 2 aliphatic rings. The summed E-state index contributed by atoms with van der Waals surface area (Å²) in [6.45, 7) is 3.52. The maximum absolute atomic E-state index is 13.8. The molecule has 2 aliphatic heterocycles. The highest BCUT2D eigenvalue weighted by atomic mass is 19.1. The minimum Gasteiger partial charge on any atom is -0.467 e. The van der Waals surface area contributed by atoms with Gasteiger partial charge in [-0.15, -0.1) is 0 Å². The van der Waals surface area contributed by atoms with Crippen molar-refractivity contribution in [1.29, 1.82) is 0 Å². The zero-order valence-corrected chi connectivity index (χ0v) is 13.9. The third-order valence-electron chi connectivity index (χ3n) is 4.32. The Balaban J connectivity index is 1.56. The Labute approximate surface area is 141 Å². The van der Waals surface area contributed by atoms with E-state index in [0.29, 0.717) is 30.8 Å². The van der Waals surface area contributed by atoms with Crippen LogP contribution in [-0.4, -0.2) is 39.6 Å². The van der Waals surface area contributed by atoms with Crippen molar-refractivity contribution in [2.45, 2.75) is 26.0 Å². The van der Waals surface area contributed by atoms with E-state index in [0.717, 1.165) is 43.7 Å². The van der Waals surface area contributed by atoms with Gasteiger partial charge in [0.15, 0.2) is 12.8 Å². The van der Waals surface area contributed by atoms with Gasteiger partial charge in [0.25, 0.3) is 0 Å². The normalized spacial score (nSPS) is 18.7. The highest BCUT2D eigenvalue weighted by Gasteiger charge is 2.18. The fraction of sp³-hybridized carbons (Fsp3) is 0.588. The molecule has 0 radical (unpaired) electrons. The molecule has 1 aromatic rings. The predicted octanol–water partition coefficient (Wildman–Crippen LogP) is 1.78. The van der Waals surface area contributed by atoms with Crippen molar-refractivity contribution in [3.8, 4) is 5.75 Å². The average Bonchev–Trinajstić information content (AvgIpc) is 2.62. The molecule has 1 aromatic carbocycles. The topological polar surface area (TPSA) is 64.1 Å². The summed E-state index contributed by atoms with van der Waals surface area (Å²) in [7, 11) is 1.73. The SMILES string of the molecule is CN=C(NCc1cc(F)cc2c1OCOC2)NCC1CCOCC1. The summed E-state index contributed by atoms with van der Waals surface area (Å²) in [5.41, 5.74) is 1.51. The molecule has 7 heteroatoms. The molecule has 0 atom stereocenters. The van der Waals surface area contributed by atoms with Crippen molar-refractivity contribution in [2.24, 2.45) is 10.9 Å². The number of nitrogens with zero attached hydrogens (tertiary/aromatic N) is 1. The van der Waals surface area contributed by atoms with Gasteiger partial charge < -0.3 is 24.8 Å². The molecule has 1 saturated heterocycles. The van der Waals surface area contributed by atoms with E-state index < -0.39 is 0 Å². The van der Waals surface area contributed by atoms with Gasteiger partial charge >= 0.3 is 0 Å². The Hall–Kier alpha value is -1.86. The highest BCUT2D eigenvalue weighted by Crippen LogP contribution is 2.29. The molecule has 6 nitrogen and oxygen atoms in total. The van der Waals surface area contributed by atoms with Gasteiger partial charge in [0.2, 0.25) is 0 Å². The molecule has 2 heterocycles. The minimum atomic E-state index is -0.287. The number of halogens is 1. The van der Waals surface area contributed by atoms with Crippen molar-refractivity contribution in [1.82, 2.24) is 10.6 Å². The highest BCUT2D eigenvalue weighted by molar-refractivity contribution is 5.79. The van der Waals surface area contributed by atoms with Gasteiger partial charge in [-0.05, 0) is 30.9 Å². The van der Waals surface area contributed by atoms with E-state index in [2.05, 4.69) is 15.6 Å². The number of fused-ring (bicyclic) bond motifs is 1. The van der Waals surface area contributed by atoms with Crippen LogP contribution < -0.4 is 15.4 Å². The summed E-state index contributed by atoms with van der Waals surface area (Å²) in [5, 5.41) is 6.55. The molecule has 0 spiro atoms. The van der Waals surface area contributed by atoms with Crippen LogP contribution in [0, 0.1) is 11.7 Å². The van der Waals surface area contributed by atoms with Crippen LogP contribution in [0.3, 0.4) is 0 Å². The van der Waals surface area contributed by atoms with E-state index >= 15 is 0 Å². The van der Waals surface area contributed by atoms with Gasteiger partial charge in [-0.3, -0.25) is 4.99 Å². The van der Waals surface area contributed by atoms with Gasteiger partial charge in [0, 0.05) is 44.5 Å². The van der Waals surface area contributed by atoms with Gasteiger partial charge in [-0.25, -0.2) is 4.39 Å². The fourth-order valence-electron chi connectivity index (χ4n) is 2.98. The molecular formula is C17H24FN3O3. The quantitative estimate of drug-likeness (QED) is 0.648. The molecule has 0 aliphatic carbocycles. The average molecular weight is 337 g/mol. The van der Waals surface area contributed by atoms with Crippen molar-refractivity contribution < 1.29 is 18.6 Å². The zero-order chi connectivity index (χ0) is 16.8. The smallest absolute Gasteiger partial charge is 0.191 e. The molecule has 0 unspecified atom stereocenters. The predicted molar refractivity (Wildman–Crippen MR) is 88.4 cm³/mol. The number of hydrogen-bond acceptors (Lipinski definition) is 4. The van der Waals surface area contributed by atoms with E-state index in [1.54, 1.807) is 7.05 Å². The monoisotopic (exact) mass is 337 g/mol. The number of rotatable bonds is 4. The molecule has 3 rings (SSSR count). The third kappa shape index (κ3) is 4.36. The lowest BCUT2D eigenvalue weighted by Gasteiger charge is -2.24. The Morgan fingerprint density at radius 3 is 2.88 bits per heavy atom. The second kappa shape index (κ2) is 8.30. The van der Waals surface area contributed by atoms with E-state index in [4.69, 9.17) is 14.2 Å². The second-order valence-electron chi connectivity index (χ2n) is 6.03. The molecule has 0 amide bonds. The fourth-order valence-corrected chi connectivity index (χ4v) is 2.98. The van der Waals surface area contributed by atoms with E-state index in [9.17, 15) is 4.39 Å². The van der Waals surface area contributed by atoms with Crippen LogP contribution in [0.5, 0.6) is 5.75 Å².